The van der Waals surface area contributed by atoms with Crippen LogP contribution in [0.5, 0.6) is 0 Å². The molecule has 0 aliphatic carbocycles. The van der Waals surface area contributed by atoms with Crippen molar-refractivity contribution in [2.45, 2.75) is 19.3 Å². The SMILES string of the molecule is N#CCCP.N#CCCP.N#CCCP.[Ni]. The Labute approximate surface area is 116 Å². The second-order valence-corrected chi connectivity index (χ2v) is 3.82. The van der Waals surface area contributed by atoms with E-state index < -0.39 is 0 Å². The summed E-state index contributed by atoms with van der Waals surface area (Å²) in [5, 5.41) is 23.4. The predicted molar refractivity (Wildman–Crippen MR) is 74.4 cm³/mol. The molecule has 0 aromatic rings. The van der Waals surface area contributed by atoms with Gasteiger partial charge in [-0.1, -0.05) is 0 Å². The number of nitriles is 3. The van der Waals surface area contributed by atoms with Crippen LogP contribution >= 0.6 is 27.7 Å². The van der Waals surface area contributed by atoms with Gasteiger partial charge in [-0.05, 0) is 18.5 Å². The summed E-state index contributed by atoms with van der Waals surface area (Å²) in [6.45, 7) is 0. The molecule has 94 valence electrons. The summed E-state index contributed by atoms with van der Waals surface area (Å²) in [6, 6.07) is 5.99. The van der Waals surface area contributed by atoms with Crippen molar-refractivity contribution in [2.75, 3.05) is 18.5 Å². The van der Waals surface area contributed by atoms with Gasteiger partial charge < -0.3 is 0 Å². The molecular weight excluding hydrogens is 302 g/mol. The fourth-order valence-corrected chi connectivity index (χ4v) is 0.581. The summed E-state index contributed by atoms with van der Waals surface area (Å²) in [4.78, 5) is 0. The molecule has 0 aliphatic rings. The molecule has 0 amide bonds. The van der Waals surface area contributed by atoms with E-state index >= 15 is 0 Å². The zero-order chi connectivity index (χ0) is 12.4. The maximum absolute atomic E-state index is 7.80. The Morgan fingerprint density at radius 3 is 0.812 bits per heavy atom. The van der Waals surface area contributed by atoms with E-state index in [4.69, 9.17) is 15.8 Å². The van der Waals surface area contributed by atoms with Crippen LogP contribution in [0, 0.1) is 34.0 Å². The van der Waals surface area contributed by atoms with E-state index in [1.54, 1.807) is 0 Å². The standard InChI is InChI=1S/3C3H6NP.Ni/c3*4-2-1-3-5;/h3*1,3,5H2;. The van der Waals surface area contributed by atoms with Gasteiger partial charge in [-0.2, -0.15) is 15.8 Å². The quantitative estimate of drug-likeness (QED) is 0.592. The van der Waals surface area contributed by atoms with Crippen molar-refractivity contribution in [1.82, 2.24) is 0 Å². The van der Waals surface area contributed by atoms with E-state index in [0.717, 1.165) is 18.5 Å². The molecule has 0 rings (SSSR count). The van der Waals surface area contributed by atoms with Crippen LogP contribution in [-0.2, 0) is 16.5 Å². The van der Waals surface area contributed by atoms with Gasteiger partial charge in [0.1, 0.15) is 0 Å². The molecule has 0 fully saturated rings. The Bertz CT molecular complexity index is 179. The molecule has 0 aromatic carbocycles. The average molecular weight is 320 g/mol. The molecule has 0 spiro atoms. The Morgan fingerprint density at radius 2 is 0.812 bits per heavy atom. The van der Waals surface area contributed by atoms with Crippen LogP contribution in [0.1, 0.15) is 19.3 Å². The van der Waals surface area contributed by atoms with E-state index in [-0.39, 0.29) is 16.5 Å². The van der Waals surface area contributed by atoms with Crippen LogP contribution in [0.4, 0.5) is 0 Å². The van der Waals surface area contributed by atoms with Gasteiger partial charge in [0, 0.05) is 35.8 Å². The number of hydrogen-bond acceptors (Lipinski definition) is 3. The summed E-state index contributed by atoms with van der Waals surface area (Å²) >= 11 is 0. The fourth-order valence-electron chi connectivity index (χ4n) is 0.194. The first-order valence-electron chi connectivity index (χ1n) is 4.46. The summed E-state index contributed by atoms with van der Waals surface area (Å²) in [6.07, 6.45) is 4.67. The first-order chi connectivity index (χ1) is 7.24. The van der Waals surface area contributed by atoms with Crippen molar-refractivity contribution in [3.8, 4) is 18.2 Å². The normalized spacial score (nSPS) is 6.00. The van der Waals surface area contributed by atoms with Crippen molar-refractivity contribution < 1.29 is 16.5 Å². The zero-order valence-corrected chi connectivity index (χ0v) is 13.6. The number of hydrogen-bond donors (Lipinski definition) is 0. The van der Waals surface area contributed by atoms with Crippen LogP contribution in [-0.4, -0.2) is 18.5 Å². The Balaban J connectivity index is -0.0000000655. The molecule has 0 N–H and O–H groups in total. The summed E-state index contributed by atoms with van der Waals surface area (Å²) < 4.78 is 0. The third-order valence-electron chi connectivity index (χ3n) is 0.768. The van der Waals surface area contributed by atoms with Gasteiger partial charge in [0.2, 0.25) is 0 Å². The molecule has 0 saturated carbocycles. The Kier molecular flexibility index (Phi) is 57.0. The van der Waals surface area contributed by atoms with Crippen molar-refractivity contribution in [2.24, 2.45) is 0 Å². The second kappa shape index (κ2) is 36.2. The Hall–Kier alpha value is 0.254. The van der Waals surface area contributed by atoms with Crippen molar-refractivity contribution in [3.05, 3.63) is 0 Å². The van der Waals surface area contributed by atoms with Crippen LogP contribution < -0.4 is 0 Å². The van der Waals surface area contributed by atoms with Gasteiger partial charge in [0.15, 0.2) is 0 Å². The van der Waals surface area contributed by atoms with E-state index in [9.17, 15) is 0 Å². The summed E-state index contributed by atoms with van der Waals surface area (Å²) in [7, 11) is 7.43. The van der Waals surface area contributed by atoms with Crippen LogP contribution in [0.15, 0.2) is 0 Å². The molecule has 0 heterocycles. The molecule has 0 bridgehead atoms. The number of nitrogens with zero attached hydrogens (tertiary/aromatic N) is 3. The van der Waals surface area contributed by atoms with Crippen molar-refractivity contribution >= 4 is 27.7 Å². The Morgan fingerprint density at radius 1 is 0.625 bits per heavy atom. The van der Waals surface area contributed by atoms with Crippen molar-refractivity contribution in [3.63, 3.8) is 0 Å². The molecule has 16 heavy (non-hydrogen) atoms. The fraction of sp³-hybridized carbons (Fsp3) is 0.667. The predicted octanol–water partition coefficient (Wildman–Crippen LogP) is 2.32. The first-order valence-corrected chi connectivity index (χ1v) is 6.91. The third-order valence-corrected chi connectivity index (χ3v) is 1.63. The summed E-state index contributed by atoms with van der Waals surface area (Å²) in [5.41, 5.74) is 0. The van der Waals surface area contributed by atoms with Gasteiger partial charge >= 0.3 is 0 Å². The van der Waals surface area contributed by atoms with Gasteiger partial charge in [-0.3, -0.25) is 0 Å². The second-order valence-electron chi connectivity index (χ2n) is 2.09. The van der Waals surface area contributed by atoms with E-state index in [2.05, 4.69) is 27.7 Å². The smallest absolute Gasteiger partial charge is 0.0625 e. The van der Waals surface area contributed by atoms with Gasteiger partial charge in [0.05, 0.1) is 18.2 Å². The minimum absolute atomic E-state index is 0. The van der Waals surface area contributed by atoms with Gasteiger partial charge in [-0.25, -0.2) is 0 Å². The minimum Gasteiger partial charge on any atom is -0.198 e. The van der Waals surface area contributed by atoms with Gasteiger partial charge in [0.25, 0.3) is 0 Å². The van der Waals surface area contributed by atoms with Crippen LogP contribution in [0.2, 0.25) is 0 Å². The van der Waals surface area contributed by atoms with Crippen LogP contribution in [0.3, 0.4) is 0 Å². The minimum atomic E-state index is 0. The van der Waals surface area contributed by atoms with E-state index in [1.165, 1.54) is 0 Å². The van der Waals surface area contributed by atoms with Gasteiger partial charge in [-0.15, -0.1) is 27.7 Å². The molecule has 3 nitrogen and oxygen atoms in total. The maximum atomic E-state index is 7.80. The first kappa shape index (κ1) is 25.2. The van der Waals surface area contributed by atoms with Crippen LogP contribution in [0.25, 0.3) is 0 Å². The molecule has 0 saturated heterocycles. The van der Waals surface area contributed by atoms with Crippen molar-refractivity contribution in [1.29, 1.82) is 15.8 Å². The zero-order valence-electron chi connectivity index (χ0n) is 9.13. The molecule has 0 aromatic heterocycles. The monoisotopic (exact) mass is 319 g/mol. The molecule has 3 unspecified atom stereocenters. The average Bonchev–Trinajstić information content (AvgIpc) is 2.23. The molecule has 0 radical (unpaired) electrons. The van der Waals surface area contributed by atoms with E-state index in [1.807, 2.05) is 18.2 Å². The third kappa shape index (κ3) is 64.0. The molecule has 0 aliphatic heterocycles. The maximum Gasteiger partial charge on any atom is 0.0625 e. The largest absolute Gasteiger partial charge is 0.198 e. The topological polar surface area (TPSA) is 71.4 Å². The molecular formula is C9H18N3NiP3. The molecule has 3 atom stereocenters. The van der Waals surface area contributed by atoms with E-state index in [0.29, 0.717) is 19.3 Å². The summed E-state index contributed by atoms with van der Waals surface area (Å²) in [5.74, 6) is 0. The molecule has 7 heteroatoms. The number of rotatable bonds is 3.